The van der Waals surface area contributed by atoms with Crippen LogP contribution in [0.3, 0.4) is 0 Å². The lowest BCUT2D eigenvalue weighted by atomic mass is 9.82. The van der Waals surface area contributed by atoms with Crippen molar-refractivity contribution in [3.05, 3.63) is 20.3 Å². The molecule has 0 radical (unpaired) electrons. The summed E-state index contributed by atoms with van der Waals surface area (Å²) in [4.78, 5) is 11.7. The second-order valence-electron chi connectivity index (χ2n) is 5.40. The number of hydrogen-bond acceptors (Lipinski definition) is 4. The predicted molar refractivity (Wildman–Crippen MR) is 76.3 cm³/mol. The highest BCUT2D eigenvalue weighted by Crippen LogP contribution is 2.30. The number of hydrogen-bond donors (Lipinski definition) is 2. The first kappa shape index (κ1) is 14.3. The molecule has 0 aromatic heterocycles. The zero-order valence-corrected chi connectivity index (χ0v) is 12.0. The Labute approximate surface area is 108 Å². The maximum absolute atomic E-state index is 11.7. The molecule has 1 rings (SSSR count). The first-order valence-corrected chi connectivity index (χ1v) is 6.52. The molecule has 0 aliphatic heterocycles. The molecule has 96 valence electrons. The highest BCUT2D eigenvalue weighted by molar-refractivity contribution is 7.71. The molecule has 0 aliphatic carbocycles. The van der Waals surface area contributed by atoms with Crippen LogP contribution in [0, 0.1) is 4.51 Å². The van der Waals surface area contributed by atoms with E-state index in [0.717, 1.165) is 37.2 Å². The summed E-state index contributed by atoms with van der Waals surface area (Å²) in [6, 6.07) is 0. The Morgan fingerprint density at radius 2 is 1.76 bits per heavy atom. The summed E-state index contributed by atoms with van der Waals surface area (Å²) in [5.74, 6) is 0. The molecule has 3 nitrogen and oxygen atoms in total. The lowest BCUT2D eigenvalue weighted by molar-refractivity contribution is 0.581. The average molecular weight is 254 g/mol. The number of rotatable bonds is 6. The van der Waals surface area contributed by atoms with Gasteiger partial charge in [0.15, 0.2) is 0 Å². The third kappa shape index (κ3) is 3.36. The van der Waals surface area contributed by atoms with Crippen LogP contribution in [-0.4, -0.2) is 20.1 Å². The van der Waals surface area contributed by atoms with E-state index < -0.39 is 0 Å². The number of anilines is 1. The molecule has 0 unspecified atom stereocenters. The van der Waals surface area contributed by atoms with Gasteiger partial charge >= 0.3 is 0 Å². The molecule has 17 heavy (non-hydrogen) atoms. The van der Waals surface area contributed by atoms with Crippen LogP contribution in [0.5, 0.6) is 0 Å². The average Bonchev–Trinajstić information content (AvgIpc) is 2.24. The van der Waals surface area contributed by atoms with Crippen LogP contribution in [0.15, 0.2) is 4.79 Å². The molecular formula is C13H22N2OS. The Bertz CT molecular complexity index is 439. The minimum atomic E-state index is -0.118. The van der Waals surface area contributed by atoms with Crippen molar-refractivity contribution in [3.8, 4) is 0 Å². The quantitative estimate of drug-likeness (QED) is 0.604. The minimum absolute atomic E-state index is 0.0465. The molecule has 4 heteroatoms. The van der Waals surface area contributed by atoms with Gasteiger partial charge in [-0.15, -0.1) is 0 Å². The zero-order chi connectivity index (χ0) is 13.1. The SMILES string of the molecule is CNCCCCNc1c(C(C)(C)C)c(=O)c1=S. The van der Waals surface area contributed by atoms with Crippen molar-refractivity contribution in [2.45, 2.75) is 39.0 Å². The lowest BCUT2D eigenvalue weighted by Gasteiger charge is -2.25. The third-order valence-electron chi connectivity index (χ3n) is 2.82. The van der Waals surface area contributed by atoms with E-state index in [-0.39, 0.29) is 10.8 Å². The van der Waals surface area contributed by atoms with Crippen LogP contribution in [0.2, 0.25) is 0 Å². The fourth-order valence-corrected chi connectivity index (χ4v) is 2.19. The van der Waals surface area contributed by atoms with Gasteiger partial charge in [0.25, 0.3) is 0 Å². The van der Waals surface area contributed by atoms with Crippen molar-refractivity contribution >= 4 is 17.9 Å². The van der Waals surface area contributed by atoms with E-state index in [0.29, 0.717) is 4.51 Å². The first-order chi connectivity index (χ1) is 7.89. The second kappa shape index (κ2) is 5.74. The molecule has 0 atom stereocenters. The second-order valence-corrected chi connectivity index (χ2v) is 5.80. The van der Waals surface area contributed by atoms with Gasteiger partial charge in [0.2, 0.25) is 5.43 Å². The molecule has 0 spiro atoms. The fraction of sp³-hybridized carbons (Fsp3) is 0.692. The van der Waals surface area contributed by atoms with Gasteiger partial charge in [0.1, 0.15) is 4.51 Å². The molecule has 0 saturated carbocycles. The van der Waals surface area contributed by atoms with Crippen molar-refractivity contribution in [2.75, 3.05) is 25.5 Å². The lowest BCUT2D eigenvalue weighted by Crippen LogP contribution is -2.31. The van der Waals surface area contributed by atoms with Gasteiger partial charge in [-0.3, -0.25) is 4.79 Å². The van der Waals surface area contributed by atoms with Gasteiger partial charge in [0.05, 0.1) is 5.69 Å². The molecule has 0 saturated heterocycles. The summed E-state index contributed by atoms with van der Waals surface area (Å²) in [7, 11) is 1.95. The summed E-state index contributed by atoms with van der Waals surface area (Å²) < 4.78 is 0.476. The van der Waals surface area contributed by atoms with E-state index in [2.05, 4.69) is 10.6 Å². The van der Waals surface area contributed by atoms with Gasteiger partial charge in [-0.2, -0.15) is 0 Å². The highest BCUT2D eigenvalue weighted by Gasteiger charge is 2.27. The number of nitrogens with one attached hydrogen (secondary N) is 2. The van der Waals surface area contributed by atoms with E-state index in [9.17, 15) is 4.79 Å². The molecule has 1 aromatic rings. The summed E-state index contributed by atoms with van der Waals surface area (Å²) in [6.45, 7) is 8.04. The Kier molecular flexibility index (Phi) is 4.83. The van der Waals surface area contributed by atoms with Crippen molar-refractivity contribution in [1.29, 1.82) is 0 Å². The molecule has 2 N–H and O–H groups in total. The van der Waals surface area contributed by atoms with Crippen molar-refractivity contribution in [1.82, 2.24) is 5.32 Å². The van der Waals surface area contributed by atoms with E-state index in [1.54, 1.807) is 0 Å². The van der Waals surface area contributed by atoms with E-state index in [1.165, 1.54) is 0 Å². The van der Waals surface area contributed by atoms with Crippen LogP contribution in [0.4, 0.5) is 5.69 Å². The molecule has 0 aliphatic rings. The molecular weight excluding hydrogens is 232 g/mol. The van der Waals surface area contributed by atoms with Crippen LogP contribution in [0.1, 0.15) is 39.2 Å². The molecule has 0 fully saturated rings. The van der Waals surface area contributed by atoms with Gasteiger partial charge in [-0.1, -0.05) is 33.0 Å². The maximum Gasteiger partial charge on any atom is 0.204 e. The third-order valence-corrected chi connectivity index (χ3v) is 3.21. The first-order valence-electron chi connectivity index (χ1n) is 6.12. The van der Waals surface area contributed by atoms with Crippen LogP contribution in [0.25, 0.3) is 0 Å². The number of unbranched alkanes of at least 4 members (excludes halogenated alkanes) is 1. The van der Waals surface area contributed by atoms with E-state index >= 15 is 0 Å². The Morgan fingerprint density at radius 1 is 1.18 bits per heavy atom. The maximum atomic E-state index is 11.7. The highest BCUT2D eigenvalue weighted by atomic mass is 32.1. The van der Waals surface area contributed by atoms with E-state index in [1.807, 2.05) is 27.8 Å². The Balaban J connectivity index is 2.58. The normalized spacial score (nSPS) is 12.0. The molecule has 0 amide bonds. The monoisotopic (exact) mass is 254 g/mol. The van der Waals surface area contributed by atoms with Gasteiger partial charge in [-0.05, 0) is 31.8 Å². The molecule has 0 heterocycles. The van der Waals surface area contributed by atoms with Crippen LogP contribution < -0.4 is 16.1 Å². The summed E-state index contributed by atoms with van der Waals surface area (Å²) in [5, 5.41) is 6.42. The topological polar surface area (TPSA) is 41.1 Å². The largest absolute Gasteiger partial charge is 0.383 e. The summed E-state index contributed by atoms with van der Waals surface area (Å²) in [5.41, 5.74) is 1.69. The van der Waals surface area contributed by atoms with Gasteiger partial charge in [-0.25, -0.2) is 0 Å². The van der Waals surface area contributed by atoms with Crippen molar-refractivity contribution < 1.29 is 0 Å². The fourth-order valence-electron chi connectivity index (χ4n) is 1.92. The molecule has 1 aromatic carbocycles. The minimum Gasteiger partial charge on any atom is -0.383 e. The van der Waals surface area contributed by atoms with Crippen LogP contribution in [-0.2, 0) is 5.41 Å². The standard InChI is InChI=1S/C13H22N2OS/c1-13(2,3)9-10(12(17)11(9)16)15-8-6-5-7-14-4/h14-15H,5-8H2,1-4H3. The smallest absolute Gasteiger partial charge is 0.204 e. The Hall–Kier alpha value is -0.740. The van der Waals surface area contributed by atoms with Gasteiger partial charge in [0, 0.05) is 12.1 Å². The summed E-state index contributed by atoms with van der Waals surface area (Å²) in [6.07, 6.45) is 2.21. The van der Waals surface area contributed by atoms with Crippen LogP contribution >= 0.6 is 12.2 Å². The predicted octanol–water partition coefficient (Wildman–Crippen LogP) is 2.36. The van der Waals surface area contributed by atoms with E-state index in [4.69, 9.17) is 12.2 Å². The summed E-state index contributed by atoms with van der Waals surface area (Å²) >= 11 is 5.09. The van der Waals surface area contributed by atoms with Gasteiger partial charge < -0.3 is 10.6 Å². The molecule has 0 bridgehead atoms. The zero-order valence-electron chi connectivity index (χ0n) is 11.1. The Morgan fingerprint density at radius 3 is 2.29 bits per heavy atom. The van der Waals surface area contributed by atoms with Crippen molar-refractivity contribution in [2.24, 2.45) is 0 Å². The van der Waals surface area contributed by atoms with Crippen molar-refractivity contribution in [3.63, 3.8) is 0 Å².